The SMILES string of the molecule is Cc1cc(-c2cccc3ncc(-c4cnn(C5CCNCC5)c4)nc23)ccc1C(=O)N1CCOCC1. The number of hydrogen-bond donors (Lipinski definition) is 1. The minimum atomic E-state index is 0.0631. The first kappa shape index (κ1) is 22.8. The monoisotopic (exact) mass is 482 g/mol. The van der Waals surface area contributed by atoms with Crippen molar-refractivity contribution >= 4 is 16.9 Å². The summed E-state index contributed by atoms with van der Waals surface area (Å²) in [6.07, 6.45) is 7.96. The number of piperidine rings is 1. The van der Waals surface area contributed by atoms with Crippen LogP contribution in [0.2, 0.25) is 0 Å². The van der Waals surface area contributed by atoms with Crippen molar-refractivity contribution in [2.75, 3.05) is 39.4 Å². The van der Waals surface area contributed by atoms with E-state index in [1.807, 2.05) is 48.5 Å². The van der Waals surface area contributed by atoms with Gasteiger partial charge < -0.3 is 15.0 Å². The van der Waals surface area contributed by atoms with Crippen LogP contribution >= 0.6 is 0 Å². The summed E-state index contributed by atoms with van der Waals surface area (Å²) in [7, 11) is 0. The molecule has 4 heterocycles. The third-order valence-electron chi connectivity index (χ3n) is 7.22. The van der Waals surface area contributed by atoms with Crippen LogP contribution in [0.15, 0.2) is 55.0 Å². The highest BCUT2D eigenvalue weighted by molar-refractivity contribution is 5.98. The average Bonchev–Trinajstić information content (AvgIpc) is 3.43. The predicted molar refractivity (Wildman–Crippen MR) is 139 cm³/mol. The number of nitrogens with one attached hydrogen (secondary N) is 1. The van der Waals surface area contributed by atoms with Crippen molar-refractivity contribution < 1.29 is 9.53 Å². The Labute approximate surface area is 210 Å². The minimum Gasteiger partial charge on any atom is -0.378 e. The van der Waals surface area contributed by atoms with E-state index in [2.05, 4.69) is 33.4 Å². The summed E-state index contributed by atoms with van der Waals surface area (Å²) in [6, 6.07) is 12.5. The summed E-state index contributed by atoms with van der Waals surface area (Å²) >= 11 is 0. The smallest absolute Gasteiger partial charge is 0.254 e. The Morgan fingerprint density at radius 3 is 2.69 bits per heavy atom. The van der Waals surface area contributed by atoms with Gasteiger partial charge in [0.2, 0.25) is 0 Å². The number of fused-ring (bicyclic) bond motifs is 1. The first-order valence-electron chi connectivity index (χ1n) is 12.7. The molecule has 2 aliphatic rings. The maximum absolute atomic E-state index is 13.0. The zero-order chi connectivity index (χ0) is 24.5. The van der Waals surface area contributed by atoms with Gasteiger partial charge in [-0.2, -0.15) is 5.10 Å². The van der Waals surface area contributed by atoms with Crippen molar-refractivity contribution in [2.24, 2.45) is 0 Å². The van der Waals surface area contributed by atoms with Crippen molar-refractivity contribution in [3.63, 3.8) is 0 Å². The molecule has 0 unspecified atom stereocenters. The lowest BCUT2D eigenvalue weighted by Crippen LogP contribution is -2.40. The molecule has 2 aliphatic heterocycles. The van der Waals surface area contributed by atoms with Gasteiger partial charge in [0.15, 0.2) is 0 Å². The lowest BCUT2D eigenvalue weighted by atomic mass is 9.98. The molecule has 0 aliphatic carbocycles. The Bertz CT molecular complexity index is 1400. The fraction of sp³-hybridized carbons (Fsp3) is 0.357. The number of carbonyl (C=O) groups is 1. The molecule has 0 saturated carbocycles. The number of amides is 1. The lowest BCUT2D eigenvalue weighted by Gasteiger charge is -2.27. The van der Waals surface area contributed by atoms with E-state index in [4.69, 9.17) is 14.7 Å². The standard InChI is InChI=1S/C28H30N6O2/c1-19-15-20(5-6-23(19)28(35)33-11-13-36-14-12-33)24-3-2-4-25-27(24)32-26(17-30-25)21-16-31-34(18-21)22-7-9-29-10-8-22/h2-6,15-18,22,29H,7-14H2,1H3. The van der Waals surface area contributed by atoms with Gasteiger partial charge in [-0.15, -0.1) is 0 Å². The number of aromatic nitrogens is 4. The lowest BCUT2D eigenvalue weighted by molar-refractivity contribution is 0.0302. The number of para-hydroxylation sites is 1. The predicted octanol–water partition coefficient (Wildman–Crippen LogP) is 3.87. The van der Waals surface area contributed by atoms with E-state index in [0.717, 1.165) is 70.5 Å². The van der Waals surface area contributed by atoms with E-state index in [9.17, 15) is 4.79 Å². The molecule has 184 valence electrons. The first-order chi connectivity index (χ1) is 17.7. The number of rotatable bonds is 4. The maximum atomic E-state index is 13.0. The van der Waals surface area contributed by atoms with E-state index in [1.54, 1.807) is 0 Å². The van der Waals surface area contributed by atoms with E-state index in [0.29, 0.717) is 32.3 Å². The number of morpholine rings is 1. The fourth-order valence-corrected chi connectivity index (χ4v) is 5.15. The number of ether oxygens (including phenoxy) is 1. The molecular weight excluding hydrogens is 452 g/mol. The highest BCUT2D eigenvalue weighted by Crippen LogP contribution is 2.30. The number of aryl methyl sites for hydroxylation is 1. The van der Waals surface area contributed by atoms with Crippen LogP contribution in [0, 0.1) is 6.92 Å². The molecule has 8 heteroatoms. The van der Waals surface area contributed by atoms with Gasteiger partial charge in [0.25, 0.3) is 5.91 Å². The molecule has 0 bridgehead atoms. The molecule has 0 atom stereocenters. The number of carbonyl (C=O) groups excluding carboxylic acids is 1. The summed E-state index contributed by atoms with van der Waals surface area (Å²) in [5.74, 6) is 0.0631. The second-order valence-corrected chi connectivity index (χ2v) is 9.55. The highest BCUT2D eigenvalue weighted by Gasteiger charge is 2.21. The van der Waals surface area contributed by atoms with Crippen LogP contribution in [0.5, 0.6) is 0 Å². The molecule has 2 saturated heterocycles. The summed E-state index contributed by atoms with van der Waals surface area (Å²) in [5.41, 5.74) is 7.18. The topological polar surface area (TPSA) is 85.2 Å². The second kappa shape index (κ2) is 9.79. The van der Waals surface area contributed by atoms with Crippen LogP contribution in [-0.2, 0) is 4.74 Å². The van der Waals surface area contributed by atoms with E-state index < -0.39 is 0 Å². The molecule has 6 rings (SSSR count). The Balaban J connectivity index is 1.32. The molecule has 2 fully saturated rings. The van der Waals surface area contributed by atoms with Crippen molar-refractivity contribution in [3.05, 3.63) is 66.1 Å². The van der Waals surface area contributed by atoms with E-state index in [-0.39, 0.29) is 5.91 Å². The molecule has 4 aromatic rings. The van der Waals surface area contributed by atoms with Gasteiger partial charge in [-0.05, 0) is 56.1 Å². The summed E-state index contributed by atoms with van der Waals surface area (Å²) in [6.45, 7) is 6.50. The van der Waals surface area contributed by atoms with Crippen LogP contribution in [0.1, 0.15) is 34.8 Å². The van der Waals surface area contributed by atoms with Gasteiger partial charge in [-0.3, -0.25) is 14.5 Å². The van der Waals surface area contributed by atoms with E-state index >= 15 is 0 Å². The zero-order valence-corrected chi connectivity index (χ0v) is 20.5. The molecule has 8 nitrogen and oxygen atoms in total. The molecule has 1 N–H and O–H groups in total. The third kappa shape index (κ3) is 4.38. The minimum absolute atomic E-state index is 0.0631. The average molecular weight is 483 g/mol. The van der Waals surface area contributed by atoms with Crippen LogP contribution in [-0.4, -0.2) is 69.9 Å². The van der Waals surface area contributed by atoms with Crippen molar-refractivity contribution in [3.8, 4) is 22.4 Å². The van der Waals surface area contributed by atoms with Crippen molar-refractivity contribution in [1.29, 1.82) is 0 Å². The maximum Gasteiger partial charge on any atom is 0.254 e. The molecule has 1 amide bonds. The molecule has 0 spiro atoms. The summed E-state index contributed by atoms with van der Waals surface area (Å²) in [4.78, 5) is 24.6. The van der Waals surface area contributed by atoms with Gasteiger partial charge in [-0.1, -0.05) is 24.3 Å². The Kier molecular flexibility index (Phi) is 6.21. The number of hydrogen-bond acceptors (Lipinski definition) is 6. The van der Waals surface area contributed by atoms with Gasteiger partial charge in [0.1, 0.15) is 0 Å². The van der Waals surface area contributed by atoms with E-state index in [1.165, 1.54) is 0 Å². The van der Waals surface area contributed by atoms with Crippen LogP contribution in [0.25, 0.3) is 33.4 Å². The first-order valence-corrected chi connectivity index (χ1v) is 12.7. The number of nitrogens with zero attached hydrogens (tertiary/aromatic N) is 5. The van der Waals surface area contributed by atoms with Crippen molar-refractivity contribution in [2.45, 2.75) is 25.8 Å². The van der Waals surface area contributed by atoms with Gasteiger partial charge in [0.05, 0.1) is 48.4 Å². The Morgan fingerprint density at radius 2 is 1.89 bits per heavy atom. The van der Waals surface area contributed by atoms with Crippen LogP contribution < -0.4 is 5.32 Å². The third-order valence-corrected chi connectivity index (χ3v) is 7.22. The summed E-state index contributed by atoms with van der Waals surface area (Å²) < 4.78 is 7.46. The normalized spacial score (nSPS) is 17.0. The van der Waals surface area contributed by atoms with Crippen molar-refractivity contribution in [1.82, 2.24) is 30.0 Å². The highest BCUT2D eigenvalue weighted by atomic mass is 16.5. The van der Waals surface area contributed by atoms with Crippen LogP contribution in [0.4, 0.5) is 0 Å². The molecule has 0 radical (unpaired) electrons. The Morgan fingerprint density at radius 1 is 1.06 bits per heavy atom. The molecule has 2 aromatic carbocycles. The largest absolute Gasteiger partial charge is 0.378 e. The van der Waals surface area contributed by atoms with Gasteiger partial charge in [0, 0.05) is 36.0 Å². The fourth-order valence-electron chi connectivity index (χ4n) is 5.15. The molecular formula is C28H30N6O2. The molecule has 36 heavy (non-hydrogen) atoms. The summed E-state index contributed by atoms with van der Waals surface area (Å²) in [5, 5.41) is 8.04. The second-order valence-electron chi connectivity index (χ2n) is 9.55. The Hall–Kier alpha value is -3.62. The van der Waals surface area contributed by atoms with Gasteiger partial charge >= 0.3 is 0 Å². The quantitative estimate of drug-likeness (QED) is 0.475. The molecule has 2 aromatic heterocycles. The van der Waals surface area contributed by atoms with Crippen LogP contribution in [0.3, 0.4) is 0 Å². The number of benzene rings is 2. The van der Waals surface area contributed by atoms with Gasteiger partial charge in [-0.25, -0.2) is 4.98 Å². The zero-order valence-electron chi connectivity index (χ0n) is 20.5.